The molecular weight excluding hydrogens is 196 g/mol. The Morgan fingerprint density at radius 3 is 3.07 bits per heavy atom. The highest BCUT2D eigenvalue weighted by molar-refractivity contribution is 5.95. The second-order valence-electron chi connectivity index (χ2n) is 2.88. The SMILES string of the molecule is COC(=O)c1nc(NN)n2ccccc12. The van der Waals surface area contributed by atoms with Crippen LogP contribution in [0.4, 0.5) is 5.95 Å². The normalized spacial score (nSPS) is 10.3. The Balaban J connectivity index is 2.70. The van der Waals surface area contributed by atoms with Gasteiger partial charge < -0.3 is 4.74 Å². The molecule has 2 rings (SSSR count). The predicted octanol–water partition coefficient (Wildman–Crippen LogP) is 0.406. The highest BCUT2D eigenvalue weighted by Crippen LogP contribution is 2.16. The number of esters is 1. The molecule has 6 nitrogen and oxygen atoms in total. The molecule has 0 saturated heterocycles. The van der Waals surface area contributed by atoms with Crippen LogP contribution in [0.5, 0.6) is 0 Å². The van der Waals surface area contributed by atoms with E-state index in [0.29, 0.717) is 11.5 Å². The third-order valence-corrected chi connectivity index (χ3v) is 2.06. The number of nitrogens with two attached hydrogens (primary N) is 1. The number of nitrogens with one attached hydrogen (secondary N) is 1. The molecule has 0 saturated carbocycles. The number of hydrazine groups is 1. The highest BCUT2D eigenvalue weighted by atomic mass is 16.5. The van der Waals surface area contributed by atoms with Crippen LogP contribution in [0.25, 0.3) is 5.52 Å². The number of imidazole rings is 1. The molecule has 0 spiro atoms. The third kappa shape index (κ3) is 1.40. The van der Waals surface area contributed by atoms with E-state index in [1.165, 1.54) is 7.11 Å². The predicted molar refractivity (Wildman–Crippen MR) is 54.3 cm³/mol. The van der Waals surface area contributed by atoms with E-state index in [-0.39, 0.29) is 5.69 Å². The van der Waals surface area contributed by atoms with E-state index in [9.17, 15) is 4.79 Å². The number of rotatable bonds is 2. The molecule has 0 aliphatic carbocycles. The fraction of sp³-hybridized carbons (Fsp3) is 0.111. The summed E-state index contributed by atoms with van der Waals surface area (Å²) in [6.45, 7) is 0. The number of anilines is 1. The lowest BCUT2D eigenvalue weighted by atomic mass is 10.3. The lowest BCUT2D eigenvalue weighted by Gasteiger charge is -1.97. The van der Waals surface area contributed by atoms with Crippen molar-refractivity contribution in [3.8, 4) is 0 Å². The van der Waals surface area contributed by atoms with Gasteiger partial charge in [-0.05, 0) is 12.1 Å². The first-order chi connectivity index (χ1) is 7.27. The molecule has 0 bridgehead atoms. The van der Waals surface area contributed by atoms with E-state index in [1.807, 2.05) is 12.1 Å². The van der Waals surface area contributed by atoms with Crippen molar-refractivity contribution < 1.29 is 9.53 Å². The quantitative estimate of drug-likeness (QED) is 0.422. The monoisotopic (exact) mass is 206 g/mol. The van der Waals surface area contributed by atoms with E-state index < -0.39 is 5.97 Å². The molecule has 0 aliphatic rings. The van der Waals surface area contributed by atoms with Gasteiger partial charge >= 0.3 is 5.97 Å². The number of ether oxygens (including phenoxy) is 1. The van der Waals surface area contributed by atoms with Gasteiger partial charge in [0.1, 0.15) is 0 Å². The summed E-state index contributed by atoms with van der Waals surface area (Å²) in [5.74, 6) is 5.19. The summed E-state index contributed by atoms with van der Waals surface area (Å²) in [5, 5.41) is 0. The molecular formula is C9H10N4O2. The Kier molecular flexibility index (Phi) is 2.26. The molecule has 0 aliphatic heterocycles. The van der Waals surface area contributed by atoms with Crippen LogP contribution in [0.1, 0.15) is 10.5 Å². The van der Waals surface area contributed by atoms with Crippen molar-refractivity contribution in [1.29, 1.82) is 0 Å². The van der Waals surface area contributed by atoms with Gasteiger partial charge in [0.15, 0.2) is 5.69 Å². The van der Waals surface area contributed by atoms with Crippen molar-refractivity contribution >= 4 is 17.4 Å². The Morgan fingerprint density at radius 2 is 2.40 bits per heavy atom. The number of carbonyl (C=O) groups excluding carboxylic acids is 1. The summed E-state index contributed by atoms with van der Waals surface area (Å²) in [5.41, 5.74) is 3.31. The van der Waals surface area contributed by atoms with Gasteiger partial charge in [-0.1, -0.05) is 6.07 Å². The molecule has 2 aromatic rings. The molecule has 2 aromatic heterocycles. The first-order valence-electron chi connectivity index (χ1n) is 4.30. The van der Waals surface area contributed by atoms with Gasteiger partial charge in [0, 0.05) is 6.20 Å². The minimum atomic E-state index is -0.486. The molecule has 2 heterocycles. The molecule has 0 atom stereocenters. The summed E-state index contributed by atoms with van der Waals surface area (Å²) in [4.78, 5) is 15.4. The topological polar surface area (TPSA) is 81.6 Å². The second-order valence-corrected chi connectivity index (χ2v) is 2.88. The van der Waals surface area contributed by atoms with Gasteiger partial charge in [0.05, 0.1) is 12.6 Å². The van der Waals surface area contributed by atoms with Gasteiger partial charge in [-0.15, -0.1) is 0 Å². The minimum absolute atomic E-state index is 0.242. The zero-order chi connectivity index (χ0) is 10.8. The molecule has 0 fully saturated rings. The van der Waals surface area contributed by atoms with E-state index in [4.69, 9.17) is 5.84 Å². The lowest BCUT2D eigenvalue weighted by Crippen LogP contribution is -2.10. The van der Waals surface area contributed by atoms with Crippen LogP contribution >= 0.6 is 0 Å². The van der Waals surface area contributed by atoms with Crippen molar-refractivity contribution in [2.45, 2.75) is 0 Å². The number of hydrogen-bond acceptors (Lipinski definition) is 5. The Labute approximate surface area is 85.6 Å². The number of carbonyl (C=O) groups is 1. The van der Waals surface area contributed by atoms with E-state index in [1.54, 1.807) is 16.7 Å². The number of hydrogen-bond donors (Lipinski definition) is 2. The van der Waals surface area contributed by atoms with Crippen molar-refractivity contribution in [2.24, 2.45) is 5.84 Å². The first kappa shape index (κ1) is 9.47. The van der Waals surface area contributed by atoms with Gasteiger partial charge in [-0.25, -0.2) is 15.6 Å². The maximum atomic E-state index is 11.4. The van der Waals surface area contributed by atoms with Crippen LogP contribution < -0.4 is 11.3 Å². The fourth-order valence-corrected chi connectivity index (χ4v) is 1.39. The molecule has 0 amide bonds. The van der Waals surface area contributed by atoms with Crippen LogP contribution in [0.15, 0.2) is 24.4 Å². The number of pyridine rings is 1. The largest absolute Gasteiger partial charge is 0.464 e. The molecule has 78 valence electrons. The van der Waals surface area contributed by atoms with Crippen molar-refractivity contribution in [1.82, 2.24) is 9.38 Å². The Bertz CT molecular complexity index is 506. The standard InChI is InChI=1S/C9H10N4O2/c1-15-8(14)7-6-4-2-3-5-13(6)9(11-7)12-10/h2-5H,10H2,1H3,(H,11,12). The number of aromatic nitrogens is 2. The van der Waals surface area contributed by atoms with Gasteiger partial charge in [0.2, 0.25) is 5.95 Å². The van der Waals surface area contributed by atoms with Crippen LogP contribution in [0, 0.1) is 0 Å². The smallest absolute Gasteiger partial charge is 0.359 e. The summed E-state index contributed by atoms with van der Waals surface area (Å²) >= 11 is 0. The Hall–Kier alpha value is -2.08. The number of methoxy groups -OCH3 is 1. The van der Waals surface area contributed by atoms with Crippen LogP contribution in [0.3, 0.4) is 0 Å². The average molecular weight is 206 g/mol. The van der Waals surface area contributed by atoms with Gasteiger partial charge in [-0.3, -0.25) is 9.83 Å². The summed E-state index contributed by atoms with van der Waals surface area (Å²) < 4.78 is 6.29. The highest BCUT2D eigenvalue weighted by Gasteiger charge is 2.16. The zero-order valence-electron chi connectivity index (χ0n) is 8.10. The number of nitrogens with zero attached hydrogens (tertiary/aromatic N) is 2. The van der Waals surface area contributed by atoms with E-state index in [2.05, 4.69) is 15.1 Å². The second kappa shape index (κ2) is 3.58. The van der Waals surface area contributed by atoms with Crippen molar-refractivity contribution in [3.63, 3.8) is 0 Å². The summed E-state index contributed by atoms with van der Waals surface area (Å²) in [6.07, 6.45) is 1.75. The number of nitrogen functional groups attached to an aromatic ring is 1. The molecule has 6 heteroatoms. The van der Waals surface area contributed by atoms with E-state index in [0.717, 1.165) is 0 Å². The molecule has 15 heavy (non-hydrogen) atoms. The minimum Gasteiger partial charge on any atom is -0.464 e. The summed E-state index contributed by atoms with van der Waals surface area (Å²) in [6, 6.07) is 5.39. The Morgan fingerprint density at radius 1 is 1.60 bits per heavy atom. The number of fused-ring (bicyclic) bond motifs is 1. The summed E-state index contributed by atoms with van der Waals surface area (Å²) in [7, 11) is 1.31. The van der Waals surface area contributed by atoms with Crippen LogP contribution in [-0.2, 0) is 4.74 Å². The lowest BCUT2D eigenvalue weighted by molar-refractivity contribution is 0.0597. The molecule has 0 unspecified atom stereocenters. The fourth-order valence-electron chi connectivity index (χ4n) is 1.39. The average Bonchev–Trinajstić information content (AvgIpc) is 2.67. The first-order valence-corrected chi connectivity index (χ1v) is 4.30. The van der Waals surface area contributed by atoms with Gasteiger partial charge in [0.25, 0.3) is 0 Å². The van der Waals surface area contributed by atoms with Crippen molar-refractivity contribution in [2.75, 3.05) is 12.5 Å². The van der Waals surface area contributed by atoms with Crippen molar-refractivity contribution in [3.05, 3.63) is 30.1 Å². The third-order valence-electron chi connectivity index (χ3n) is 2.06. The molecule has 0 radical (unpaired) electrons. The zero-order valence-corrected chi connectivity index (χ0v) is 8.10. The maximum absolute atomic E-state index is 11.4. The molecule has 0 aromatic carbocycles. The van der Waals surface area contributed by atoms with Crippen LogP contribution in [0.2, 0.25) is 0 Å². The maximum Gasteiger partial charge on any atom is 0.359 e. The van der Waals surface area contributed by atoms with E-state index >= 15 is 0 Å². The van der Waals surface area contributed by atoms with Gasteiger partial charge in [-0.2, -0.15) is 0 Å². The molecule has 3 N–H and O–H groups in total. The van der Waals surface area contributed by atoms with Crippen LogP contribution in [-0.4, -0.2) is 22.5 Å².